The van der Waals surface area contributed by atoms with Gasteiger partial charge in [0.2, 0.25) is 10.0 Å². The zero-order valence-corrected chi connectivity index (χ0v) is 21.3. The largest absolute Gasteiger partial charge is 0.294 e. The Morgan fingerprint density at radius 2 is 1.31 bits per heavy atom. The first kappa shape index (κ1) is 26.2. The van der Waals surface area contributed by atoms with E-state index in [0.717, 1.165) is 0 Å². The highest BCUT2D eigenvalue weighted by molar-refractivity contribution is 8.03. The highest BCUT2D eigenvalue weighted by Crippen LogP contribution is 2.42. The van der Waals surface area contributed by atoms with Gasteiger partial charge >= 0.3 is 0 Å². The molecule has 1 fully saturated rings. The first-order chi connectivity index (χ1) is 17.1. The molecule has 9 heteroatoms. The van der Waals surface area contributed by atoms with Gasteiger partial charge in [-0.15, -0.1) is 0 Å². The average Bonchev–Trinajstić information content (AvgIpc) is 3.32. The minimum absolute atomic E-state index is 0.0637. The van der Waals surface area contributed by atoms with Crippen LogP contribution in [0.25, 0.3) is 0 Å². The zero-order chi connectivity index (χ0) is 25.8. The molecular weight excluding hydrogens is 501 g/mol. The summed E-state index contributed by atoms with van der Waals surface area (Å²) in [5.74, 6) is -2.69. The number of halogens is 1. The summed E-state index contributed by atoms with van der Waals surface area (Å²) in [6.45, 7) is -0.809. The summed E-state index contributed by atoms with van der Waals surface area (Å²) >= 11 is 0. The molecule has 1 saturated carbocycles. The molecule has 36 heavy (non-hydrogen) atoms. The van der Waals surface area contributed by atoms with Crippen molar-refractivity contribution in [2.75, 3.05) is 6.54 Å². The van der Waals surface area contributed by atoms with Crippen molar-refractivity contribution >= 4 is 25.8 Å². The van der Waals surface area contributed by atoms with Crippen LogP contribution in [0.1, 0.15) is 41.6 Å². The molecule has 0 aliphatic heterocycles. The van der Waals surface area contributed by atoms with Crippen LogP contribution in [0.4, 0.5) is 4.39 Å². The smallest absolute Gasteiger partial charge is 0.256 e. The molecule has 0 N–H and O–H groups in total. The molecule has 3 aromatic rings. The van der Waals surface area contributed by atoms with Gasteiger partial charge in [0.25, 0.3) is 10.0 Å². The van der Waals surface area contributed by atoms with E-state index in [9.17, 15) is 21.6 Å². The Morgan fingerprint density at radius 3 is 1.86 bits per heavy atom. The average molecular weight is 530 g/mol. The third kappa shape index (κ3) is 5.58. The van der Waals surface area contributed by atoms with Gasteiger partial charge in [0, 0.05) is 12.1 Å². The van der Waals surface area contributed by atoms with Crippen molar-refractivity contribution in [3.05, 3.63) is 102 Å². The van der Waals surface area contributed by atoms with E-state index in [1.54, 1.807) is 54.6 Å². The standard InChI is InChI=1S/C27H28FNO5S2/c28-27(18-10-11-19-27)25(26(30)23-14-6-2-7-15-23)20-29(36(33,34)24-16-8-3-9-17-24)35(31,32)21-22-12-4-1-5-13-22/h1-9,12-17,25H,10-11,18-21H2. The van der Waals surface area contributed by atoms with Crippen LogP contribution in [0, 0.1) is 5.92 Å². The maximum absolute atomic E-state index is 16.2. The molecule has 6 nitrogen and oxygen atoms in total. The van der Waals surface area contributed by atoms with E-state index in [-0.39, 0.29) is 23.3 Å². The van der Waals surface area contributed by atoms with E-state index in [0.29, 0.717) is 22.1 Å². The molecule has 1 aliphatic carbocycles. The van der Waals surface area contributed by atoms with Gasteiger partial charge in [-0.05, 0) is 30.5 Å². The number of rotatable bonds is 10. The van der Waals surface area contributed by atoms with Crippen molar-refractivity contribution in [1.82, 2.24) is 3.71 Å². The quantitative estimate of drug-likeness (QED) is 0.345. The fourth-order valence-corrected chi connectivity index (χ4v) is 8.50. The number of carbonyl (C=O) groups excluding carboxylic acids is 1. The first-order valence-corrected chi connectivity index (χ1v) is 14.8. The van der Waals surface area contributed by atoms with Gasteiger partial charge in [-0.3, -0.25) is 4.79 Å². The van der Waals surface area contributed by atoms with E-state index in [2.05, 4.69) is 0 Å². The Hall–Kier alpha value is -2.88. The lowest BCUT2D eigenvalue weighted by molar-refractivity contribution is 0.0570. The van der Waals surface area contributed by atoms with Crippen molar-refractivity contribution < 1.29 is 26.0 Å². The Morgan fingerprint density at radius 1 is 0.806 bits per heavy atom. The topological polar surface area (TPSA) is 88.6 Å². The summed E-state index contributed by atoms with van der Waals surface area (Å²) in [5.41, 5.74) is -1.42. The molecule has 0 heterocycles. The van der Waals surface area contributed by atoms with Crippen LogP contribution in [0.3, 0.4) is 0 Å². The van der Waals surface area contributed by atoms with E-state index in [1.165, 1.54) is 36.4 Å². The molecule has 0 bridgehead atoms. The minimum Gasteiger partial charge on any atom is -0.294 e. The summed E-state index contributed by atoms with van der Waals surface area (Å²) in [7, 11) is -9.14. The lowest BCUT2D eigenvalue weighted by atomic mass is 9.82. The lowest BCUT2D eigenvalue weighted by Gasteiger charge is -2.33. The molecule has 1 unspecified atom stereocenters. The lowest BCUT2D eigenvalue weighted by Crippen LogP contribution is -2.48. The molecule has 4 rings (SSSR count). The van der Waals surface area contributed by atoms with Crippen molar-refractivity contribution in [2.24, 2.45) is 5.92 Å². The Labute approximate surface area is 211 Å². The second kappa shape index (κ2) is 10.6. The van der Waals surface area contributed by atoms with Gasteiger partial charge in [-0.25, -0.2) is 21.2 Å². The van der Waals surface area contributed by atoms with Gasteiger partial charge in [0.05, 0.1) is 16.6 Å². The Bertz CT molecular complexity index is 1390. The maximum atomic E-state index is 16.2. The summed E-state index contributed by atoms with van der Waals surface area (Å²) in [4.78, 5) is 13.3. The third-order valence-electron chi connectivity index (χ3n) is 6.58. The fourth-order valence-electron chi connectivity index (χ4n) is 4.67. The normalized spacial score (nSPS) is 16.6. The Balaban J connectivity index is 1.81. The number of Topliss-reactive ketones (excluding diaryl/α,β-unsaturated/α-hetero) is 1. The fraction of sp³-hybridized carbons (Fsp3) is 0.296. The Kier molecular flexibility index (Phi) is 7.73. The number of alkyl halides is 1. The van der Waals surface area contributed by atoms with Crippen LogP contribution < -0.4 is 0 Å². The molecule has 0 aromatic heterocycles. The van der Waals surface area contributed by atoms with Crippen molar-refractivity contribution in [3.63, 3.8) is 0 Å². The number of hydrogen-bond acceptors (Lipinski definition) is 5. The molecular formula is C27H28FNO5S2. The molecule has 190 valence electrons. The van der Waals surface area contributed by atoms with Gasteiger partial charge in [0.1, 0.15) is 5.67 Å². The number of sulfonamides is 2. The molecule has 0 radical (unpaired) electrons. The monoisotopic (exact) mass is 529 g/mol. The van der Waals surface area contributed by atoms with E-state index in [4.69, 9.17) is 0 Å². The van der Waals surface area contributed by atoms with Crippen LogP contribution in [0.5, 0.6) is 0 Å². The second-order valence-corrected chi connectivity index (χ2v) is 13.0. The molecule has 1 aliphatic rings. The van der Waals surface area contributed by atoms with Crippen LogP contribution in [-0.4, -0.2) is 38.5 Å². The highest BCUT2D eigenvalue weighted by atomic mass is 32.3. The molecule has 0 amide bonds. The van der Waals surface area contributed by atoms with Gasteiger partial charge in [-0.2, -0.15) is 0 Å². The number of benzene rings is 3. The summed E-state index contributed by atoms with van der Waals surface area (Å²) < 4.78 is 71.3. The second-order valence-electron chi connectivity index (χ2n) is 9.04. The number of hydrogen-bond donors (Lipinski definition) is 0. The van der Waals surface area contributed by atoms with Gasteiger partial charge in [0.15, 0.2) is 5.78 Å². The van der Waals surface area contributed by atoms with Crippen LogP contribution >= 0.6 is 0 Å². The number of carbonyl (C=O) groups is 1. The summed E-state index contributed by atoms with van der Waals surface area (Å²) in [6.07, 6.45) is 1.21. The predicted octanol–water partition coefficient (Wildman–Crippen LogP) is 4.99. The summed E-state index contributed by atoms with van der Waals surface area (Å²) in [6, 6.07) is 23.4. The third-order valence-corrected chi connectivity index (χ3v) is 10.9. The number of nitrogens with zero attached hydrogens (tertiary/aromatic N) is 1. The van der Waals surface area contributed by atoms with Gasteiger partial charge < -0.3 is 0 Å². The SMILES string of the molecule is O=C(c1ccccc1)C(CN(S(=O)(=O)Cc1ccccc1)S(=O)(=O)c1ccccc1)C1(F)CCCC1. The van der Waals surface area contributed by atoms with Crippen molar-refractivity contribution in [2.45, 2.75) is 42.0 Å². The van der Waals surface area contributed by atoms with E-state index >= 15 is 4.39 Å². The molecule has 1 atom stereocenters. The maximum Gasteiger partial charge on any atom is 0.256 e. The van der Waals surface area contributed by atoms with Crippen molar-refractivity contribution in [1.29, 1.82) is 0 Å². The van der Waals surface area contributed by atoms with Crippen molar-refractivity contribution in [3.8, 4) is 0 Å². The summed E-state index contributed by atoms with van der Waals surface area (Å²) in [5, 5.41) is 0. The predicted molar refractivity (Wildman–Crippen MR) is 136 cm³/mol. The molecule has 0 spiro atoms. The highest BCUT2D eigenvalue weighted by Gasteiger charge is 2.49. The zero-order valence-electron chi connectivity index (χ0n) is 19.7. The van der Waals surface area contributed by atoms with E-state index < -0.39 is 49.7 Å². The van der Waals surface area contributed by atoms with Crippen LogP contribution in [0.2, 0.25) is 0 Å². The number of ketones is 1. The van der Waals surface area contributed by atoms with Crippen LogP contribution in [-0.2, 0) is 25.8 Å². The molecule has 3 aromatic carbocycles. The van der Waals surface area contributed by atoms with Crippen LogP contribution in [0.15, 0.2) is 95.9 Å². The minimum atomic E-state index is -4.62. The first-order valence-electron chi connectivity index (χ1n) is 11.8. The van der Waals surface area contributed by atoms with E-state index in [1.807, 2.05) is 0 Å². The van der Waals surface area contributed by atoms with Gasteiger partial charge in [-0.1, -0.05) is 95.4 Å². The molecule has 0 saturated heterocycles.